The van der Waals surface area contributed by atoms with Gasteiger partial charge in [-0.1, -0.05) is 17.7 Å². The molecule has 0 atom stereocenters. The normalized spacial score (nSPS) is 11.7. The quantitative estimate of drug-likeness (QED) is 0.504. The number of nitrogens with zero attached hydrogens (tertiary/aromatic N) is 2. The van der Waals surface area contributed by atoms with Crippen LogP contribution in [0.3, 0.4) is 0 Å². The molecule has 2 aromatic carbocycles. The number of nitro benzene ring substituents is 1. The molecule has 0 aliphatic rings. The van der Waals surface area contributed by atoms with Crippen molar-refractivity contribution in [3.8, 4) is 5.75 Å². The highest BCUT2D eigenvalue weighted by molar-refractivity contribution is 7.91. The second-order valence-electron chi connectivity index (χ2n) is 4.48. The Balaban J connectivity index is 2.20. The van der Waals surface area contributed by atoms with Crippen LogP contribution in [0.4, 0.5) is 5.69 Å². The van der Waals surface area contributed by atoms with Gasteiger partial charge in [-0.3, -0.25) is 15.1 Å². The molecule has 0 amide bonds. The van der Waals surface area contributed by atoms with Gasteiger partial charge in [0.05, 0.1) is 9.82 Å². The Morgan fingerprint density at radius 2 is 1.87 bits per heavy atom. The summed E-state index contributed by atoms with van der Waals surface area (Å²) in [5, 5.41) is 20.9. The molecule has 0 unspecified atom stereocenters. The SMILES string of the molecule is O=[N+]([O-])c1cccc(C=NCS(=O)(=O)c2ccc(Cl)cc2)c1O. The molecule has 1 N–H and O–H groups in total. The van der Waals surface area contributed by atoms with Gasteiger partial charge < -0.3 is 5.11 Å². The van der Waals surface area contributed by atoms with Crippen LogP contribution in [0.15, 0.2) is 52.4 Å². The van der Waals surface area contributed by atoms with Crippen LogP contribution >= 0.6 is 11.6 Å². The van der Waals surface area contributed by atoms with Crippen LogP contribution in [0.1, 0.15) is 5.56 Å². The Morgan fingerprint density at radius 3 is 2.48 bits per heavy atom. The summed E-state index contributed by atoms with van der Waals surface area (Å²) in [6.07, 6.45) is 1.08. The van der Waals surface area contributed by atoms with Crippen molar-refractivity contribution in [3.05, 3.63) is 63.2 Å². The lowest BCUT2D eigenvalue weighted by Gasteiger charge is -2.02. The van der Waals surface area contributed by atoms with Gasteiger partial charge in [-0.2, -0.15) is 0 Å². The zero-order valence-electron chi connectivity index (χ0n) is 11.6. The number of phenols is 1. The number of nitro groups is 1. The maximum absolute atomic E-state index is 12.1. The number of rotatable bonds is 5. The van der Waals surface area contributed by atoms with E-state index in [-0.39, 0.29) is 10.5 Å². The molecule has 0 aliphatic heterocycles. The number of halogens is 1. The van der Waals surface area contributed by atoms with E-state index in [0.717, 1.165) is 12.3 Å². The van der Waals surface area contributed by atoms with Crippen molar-refractivity contribution in [2.75, 3.05) is 5.88 Å². The largest absolute Gasteiger partial charge is 0.502 e. The summed E-state index contributed by atoms with van der Waals surface area (Å²) in [5.74, 6) is -1.12. The van der Waals surface area contributed by atoms with Crippen molar-refractivity contribution in [3.63, 3.8) is 0 Å². The molecule has 0 heterocycles. The summed E-state index contributed by atoms with van der Waals surface area (Å²) < 4.78 is 24.1. The molecule has 7 nitrogen and oxygen atoms in total. The zero-order valence-corrected chi connectivity index (χ0v) is 13.2. The van der Waals surface area contributed by atoms with Crippen molar-refractivity contribution in [2.24, 2.45) is 4.99 Å². The molecule has 0 spiro atoms. The number of aromatic hydroxyl groups is 1. The summed E-state index contributed by atoms with van der Waals surface area (Å²) in [6, 6.07) is 9.51. The van der Waals surface area contributed by atoms with Gasteiger partial charge in [0.15, 0.2) is 9.84 Å². The zero-order chi connectivity index (χ0) is 17.0. The van der Waals surface area contributed by atoms with E-state index in [1.54, 1.807) is 0 Å². The van der Waals surface area contributed by atoms with E-state index >= 15 is 0 Å². The molecule has 0 aliphatic carbocycles. The average Bonchev–Trinajstić information content (AvgIpc) is 2.49. The van der Waals surface area contributed by atoms with E-state index in [4.69, 9.17) is 11.6 Å². The predicted molar refractivity (Wildman–Crippen MR) is 85.9 cm³/mol. The number of hydrogen-bond donors (Lipinski definition) is 1. The number of phenolic OH excluding ortho intramolecular Hbond substituents is 1. The maximum Gasteiger partial charge on any atom is 0.311 e. The van der Waals surface area contributed by atoms with Gasteiger partial charge in [0.25, 0.3) is 0 Å². The van der Waals surface area contributed by atoms with E-state index < -0.39 is 32.1 Å². The molecule has 0 fully saturated rings. The Bertz CT molecular complexity index is 863. The van der Waals surface area contributed by atoms with Crippen LogP contribution in [-0.2, 0) is 9.84 Å². The van der Waals surface area contributed by atoms with Gasteiger partial charge in [-0.05, 0) is 30.3 Å². The number of hydrogen-bond acceptors (Lipinski definition) is 6. The second-order valence-corrected chi connectivity index (χ2v) is 6.88. The van der Waals surface area contributed by atoms with Gasteiger partial charge >= 0.3 is 5.69 Å². The monoisotopic (exact) mass is 354 g/mol. The molecule has 0 aromatic heterocycles. The van der Waals surface area contributed by atoms with E-state index in [1.807, 2.05) is 0 Å². The van der Waals surface area contributed by atoms with Gasteiger partial charge in [-0.25, -0.2) is 8.42 Å². The maximum atomic E-state index is 12.1. The molecule has 120 valence electrons. The lowest BCUT2D eigenvalue weighted by Crippen LogP contribution is -2.05. The highest BCUT2D eigenvalue weighted by Crippen LogP contribution is 2.28. The standard InChI is InChI=1S/C14H11ClN2O5S/c15-11-4-6-12(7-5-11)23(21,22)9-16-8-10-2-1-3-13(14(10)18)17(19)20/h1-8,18H,9H2. The van der Waals surface area contributed by atoms with Crippen LogP contribution in [-0.4, -0.2) is 30.5 Å². The molecule has 0 radical (unpaired) electrons. The van der Waals surface area contributed by atoms with E-state index in [1.165, 1.54) is 36.4 Å². The predicted octanol–water partition coefficient (Wildman–Crippen LogP) is 2.80. The number of aliphatic imine (C=N–C) groups is 1. The molecule has 2 aromatic rings. The summed E-state index contributed by atoms with van der Waals surface area (Å²) in [4.78, 5) is 13.8. The molecule has 2 rings (SSSR count). The molecule has 0 saturated heterocycles. The third-order valence-corrected chi connectivity index (χ3v) is 4.62. The lowest BCUT2D eigenvalue weighted by molar-refractivity contribution is -0.385. The minimum Gasteiger partial charge on any atom is -0.502 e. The fraction of sp³-hybridized carbons (Fsp3) is 0.0714. The lowest BCUT2D eigenvalue weighted by atomic mass is 10.2. The topological polar surface area (TPSA) is 110 Å². The van der Waals surface area contributed by atoms with Gasteiger partial charge in [-0.15, -0.1) is 0 Å². The minimum atomic E-state index is -3.66. The van der Waals surface area contributed by atoms with Crippen molar-refractivity contribution in [1.82, 2.24) is 0 Å². The highest BCUT2D eigenvalue weighted by atomic mass is 35.5. The van der Waals surface area contributed by atoms with Crippen molar-refractivity contribution in [1.29, 1.82) is 0 Å². The van der Waals surface area contributed by atoms with Crippen LogP contribution < -0.4 is 0 Å². The summed E-state index contributed by atoms with van der Waals surface area (Å²) in [7, 11) is -3.66. The fourth-order valence-corrected chi connectivity index (χ4v) is 2.85. The molecule has 23 heavy (non-hydrogen) atoms. The van der Waals surface area contributed by atoms with Crippen molar-refractivity contribution < 1.29 is 18.4 Å². The van der Waals surface area contributed by atoms with Gasteiger partial charge in [0.2, 0.25) is 5.75 Å². The Kier molecular flexibility index (Phi) is 4.97. The highest BCUT2D eigenvalue weighted by Gasteiger charge is 2.16. The average molecular weight is 355 g/mol. The third-order valence-electron chi connectivity index (χ3n) is 2.89. The van der Waals surface area contributed by atoms with Gasteiger partial charge in [0.1, 0.15) is 5.88 Å². The van der Waals surface area contributed by atoms with E-state index in [0.29, 0.717) is 5.02 Å². The minimum absolute atomic E-state index is 0.0577. The van der Waals surface area contributed by atoms with Crippen LogP contribution in [0.25, 0.3) is 0 Å². The van der Waals surface area contributed by atoms with Crippen LogP contribution in [0.5, 0.6) is 5.75 Å². The first-order valence-corrected chi connectivity index (χ1v) is 8.29. The van der Waals surface area contributed by atoms with Crippen LogP contribution in [0, 0.1) is 10.1 Å². The number of para-hydroxylation sites is 1. The first kappa shape index (κ1) is 16.9. The first-order valence-electron chi connectivity index (χ1n) is 6.26. The third kappa shape index (κ3) is 4.05. The first-order chi connectivity index (χ1) is 10.8. The summed E-state index contributed by atoms with van der Waals surface area (Å²) in [5.41, 5.74) is -0.417. The second kappa shape index (κ2) is 6.76. The van der Waals surface area contributed by atoms with Crippen molar-refractivity contribution in [2.45, 2.75) is 4.90 Å². The molecular formula is C14H11ClN2O5S. The smallest absolute Gasteiger partial charge is 0.311 e. The Labute approximate surface area is 136 Å². The Hall–Kier alpha value is -2.45. The summed E-state index contributed by atoms with van der Waals surface area (Å²) in [6.45, 7) is 0. The molecular weight excluding hydrogens is 344 g/mol. The number of benzene rings is 2. The van der Waals surface area contributed by atoms with Crippen molar-refractivity contribution >= 4 is 33.3 Å². The number of sulfone groups is 1. The Morgan fingerprint density at radius 1 is 1.22 bits per heavy atom. The molecule has 9 heteroatoms. The van der Waals surface area contributed by atoms with E-state index in [9.17, 15) is 23.6 Å². The van der Waals surface area contributed by atoms with Crippen LogP contribution in [0.2, 0.25) is 5.02 Å². The molecule has 0 saturated carbocycles. The van der Waals surface area contributed by atoms with Gasteiger partial charge in [0, 0.05) is 22.9 Å². The molecule has 0 bridgehead atoms. The summed E-state index contributed by atoms with van der Waals surface area (Å²) >= 11 is 5.70. The van der Waals surface area contributed by atoms with E-state index in [2.05, 4.69) is 4.99 Å². The fourth-order valence-electron chi connectivity index (χ4n) is 1.75.